The van der Waals surface area contributed by atoms with Gasteiger partial charge in [0.15, 0.2) is 0 Å². The van der Waals surface area contributed by atoms with E-state index in [-0.39, 0.29) is 6.10 Å². The highest BCUT2D eigenvalue weighted by atomic mass is 16.5. The topological polar surface area (TPSA) is 30.3 Å². The molecule has 0 fully saturated rings. The molecule has 4 rings (SSSR count). The largest absolute Gasteiger partial charge is 0.484 e. The van der Waals surface area contributed by atoms with Crippen molar-refractivity contribution in [1.29, 1.82) is 0 Å². The molecular formula is C22H25N3O. The monoisotopic (exact) mass is 347 g/mol. The number of fused-ring (bicyclic) bond motifs is 1. The lowest BCUT2D eigenvalue weighted by Crippen LogP contribution is -2.28. The Morgan fingerprint density at radius 2 is 1.85 bits per heavy atom. The molecule has 0 unspecified atom stereocenters. The van der Waals surface area contributed by atoms with Crippen LogP contribution in [0.3, 0.4) is 0 Å². The summed E-state index contributed by atoms with van der Waals surface area (Å²) < 4.78 is 8.42. The zero-order chi connectivity index (χ0) is 17.9. The molecule has 134 valence electrons. The third-order valence-electron chi connectivity index (χ3n) is 5.00. The number of para-hydroxylation sites is 1. The van der Waals surface area contributed by atoms with Gasteiger partial charge in [-0.25, -0.2) is 0 Å². The van der Waals surface area contributed by atoms with E-state index in [1.54, 1.807) is 0 Å². The fourth-order valence-corrected chi connectivity index (χ4v) is 3.56. The van der Waals surface area contributed by atoms with Gasteiger partial charge in [-0.2, -0.15) is 5.10 Å². The van der Waals surface area contributed by atoms with Crippen molar-refractivity contribution in [3.05, 3.63) is 83.2 Å². The minimum atomic E-state index is 0.0291. The van der Waals surface area contributed by atoms with Crippen LogP contribution in [-0.2, 0) is 19.6 Å². The summed E-state index contributed by atoms with van der Waals surface area (Å²) in [5.74, 6) is 0.991. The third-order valence-corrected chi connectivity index (χ3v) is 5.00. The number of hydrogen-bond acceptors (Lipinski definition) is 3. The van der Waals surface area contributed by atoms with Crippen molar-refractivity contribution in [2.24, 2.45) is 0 Å². The van der Waals surface area contributed by atoms with Crippen LogP contribution in [0.1, 0.15) is 35.4 Å². The molecule has 0 N–H and O–H groups in total. The number of aryl methyl sites for hydroxylation is 2. The molecule has 3 aromatic rings. The van der Waals surface area contributed by atoms with E-state index in [4.69, 9.17) is 4.74 Å². The maximum Gasteiger partial charge on any atom is 0.136 e. The molecule has 0 radical (unpaired) electrons. The van der Waals surface area contributed by atoms with Crippen molar-refractivity contribution < 1.29 is 4.74 Å². The molecule has 1 aromatic heterocycles. The Labute approximate surface area is 155 Å². The lowest BCUT2D eigenvalue weighted by atomic mass is 10.1. The van der Waals surface area contributed by atoms with Crippen molar-refractivity contribution in [3.63, 3.8) is 0 Å². The lowest BCUT2D eigenvalue weighted by Gasteiger charge is -2.24. The summed E-state index contributed by atoms with van der Waals surface area (Å²) in [6.45, 7) is 7.74. The zero-order valence-corrected chi connectivity index (χ0v) is 15.4. The molecule has 0 saturated heterocycles. The molecule has 1 aliphatic heterocycles. The molecule has 4 nitrogen and oxygen atoms in total. The fourth-order valence-electron chi connectivity index (χ4n) is 3.56. The summed E-state index contributed by atoms with van der Waals surface area (Å²) in [4.78, 5) is 2.47. The summed E-state index contributed by atoms with van der Waals surface area (Å²) in [7, 11) is 0. The molecule has 1 atom stereocenters. The molecule has 4 heteroatoms. The molecule has 2 aromatic carbocycles. The van der Waals surface area contributed by atoms with E-state index in [9.17, 15) is 0 Å². The Bertz CT molecular complexity index is 872. The molecule has 0 spiro atoms. The van der Waals surface area contributed by atoms with Gasteiger partial charge in [0.05, 0.1) is 5.69 Å². The van der Waals surface area contributed by atoms with E-state index in [2.05, 4.69) is 78.6 Å². The molecule has 0 aliphatic carbocycles. The predicted molar refractivity (Wildman–Crippen MR) is 103 cm³/mol. The Morgan fingerprint density at radius 3 is 2.62 bits per heavy atom. The third kappa shape index (κ3) is 3.51. The van der Waals surface area contributed by atoms with Gasteiger partial charge in [-0.15, -0.1) is 0 Å². The second-order valence-corrected chi connectivity index (χ2v) is 6.89. The average Bonchev–Trinajstić information content (AvgIpc) is 2.92. The van der Waals surface area contributed by atoms with E-state index < -0.39 is 0 Å². The van der Waals surface area contributed by atoms with Gasteiger partial charge >= 0.3 is 0 Å². The first kappa shape index (κ1) is 16.9. The van der Waals surface area contributed by atoms with Crippen LogP contribution < -0.4 is 4.74 Å². The molecule has 0 bridgehead atoms. The second-order valence-electron chi connectivity index (χ2n) is 6.89. The standard InChI is InChI=1S/C22H25N3O/c1-3-25-15-20(17(2)23-25)14-24-13-19-11-7-8-12-21(19)26-22(16-24)18-9-5-4-6-10-18/h4-12,15,22H,3,13-14,16H2,1-2H3/t22-/m1/s1. The van der Waals surface area contributed by atoms with Crippen molar-refractivity contribution in [1.82, 2.24) is 14.7 Å². The van der Waals surface area contributed by atoms with E-state index in [0.29, 0.717) is 0 Å². The van der Waals surface area contributed by atoms with Crippen molar-refractivity contribution >= 4 is 0 Å². The van der Waals surface area contributed by atoms with Crippen LogP contribution in [0.25, 0.3) is 0 Å². The van der Waals surface area contributed by atoms with Gasteiger partial charge in [0.25, 0.3) is 0 Å². The van der Waals surface area contributed by atoms with Gasteiger partial charge in [0.1, 0.15) is 11.9 Å². The van der Waals surface area contributed by atoms with E-state index >= 15 is 0 Å². The maximum absolute atomic E-state index is 6.41. The molecule has 0 saturated carbocycles. The van der Waals surface area contributed by atoms with Gasteiger partial charge in [-0.1, -0.05) is 48.5 Å². The molecule has 2 heterocycles. The van der Waals surface area contributed by atoms with Crippen LogP contribution in [0.5, 0.6) is 5.75 Å². The van der Waals surface area contributed by atoms with E-state index in [0.717, 1.165) is 37.6 Å². The number of rotatable bonds is 4. The van der Waals surface area contributed by atoms with E-state index in [1.165, 1.54) is 16.7 Å². The summed E-state index contributed by atoms with van der Waals surface area (Å²) in [5.41, 5.74) is 4.86. The Hall–Kier alpha value is -2.59. The quantitative estimate of drug-likeness (QED) is 0.703. The van der Waals surface area contributed by atoms with Crippen molar-refractivity contribution in [2.75, 3.05) is 6.54 Å². The van der Waals surface area contributed by atoms with Crippen LogP contribution >= 0.6 is 0 Å². The van der Waals surface area contributed by atoms with Gasteiger partial charge < -0.3 is 4.74 Å². The minimum absolute atomic E-state index is 0.0291. The van der Waals surface area contributed by atoms with Crippen molar-refractivity contribution in [3.8, 4) is 5.75 Å². The number of aromatic nitrogens is 2. The van der Waals surface area contributed by atoms with E-state index in [1.807, 2.05) is 10.7 Å². The Morgan fingerprint density at radius 1 is 1.08 bits per heavy atom. The molecule has 1 aliphatic rings. The first-order chi connectivity index (χ1) is 12.7. The maximum atomic E-state index is 6.41. The fraction of sp³-hybridized carbons (Fsp3) is 0.318. The van der Waals surface area contributed by atoms with Crippen LogP contribution in [0.4, 0.5) is 0 Å². The number of benzene rings is 2. The molecular weight excluding hydrogens is 322 g/mol. The smallest absolute Gasteiger partial charge is 0.136 e. The first-order valence-corrected chi connectivity index (χ1v) is 9.27. The normalized spacial score (nSPS) is 17.4. The van der Waals surface area contributed by atoms with Crippen molar-refractivity contribution in [2.45, 2.75) is 39.6 Å². The summed E-state index contributed by atoms with van der Waals surface area (Å²) in [6.07, 6.45) is 2.20. The minimum Gasteiger partial charge on any atom is -0.484 e. The zero-order valence-electron chi connectivity index (χ0n) is 15.4. The van der Waals surface area contributed by atoms with Crippen LogP contribution in [0.2, 0.25) is 0 Å². The average molecular weight is 347 g/mol. The van der Waals surface area contributed by atoms with Gasteiger partial charge in [0, 0.05) is 43.5 Å². The van der Waals surface area contributed by atoms with Gasteiger partial charge in [-0.05, 0) is 25.5 Å². The summed E-state index contributed by atoms with van der Waals surface area (Å²) >= 11 is 0. The van der Waals surface area contributed by atoms with Crippen LogP contribution in [-0.4, -0.2) is 21.2 Å². The Kier molecular flexibility index (Phi) is 4.76. The SMILES string of the molecule is CCn1cc(CN2Cc3ccccc3O[C@@H](c3ccccc3)C2)c(C)n1. The highest BCUT2D eigenvalue weighted by Crippen LogP contribution is 2.31. The highest BCUT2D eigenvalue weighted by Gasteiger charge is 2.24. The number of hydrogen-bond donors (Lipinski definition) is 0. The van der Waals surface area contributed by atoms with Gasteiger partial charge in [0.2, 0.25) is 0 Å². The number of ether oxygens (including phenoxy) is 1. The lowest BCUT2D eigenvalue weighted by molar-refractivity contribution is 0.144. The number of nitrogens with zero attached hydrogens (tertiary/aromatic N) is 3. The second kappa shape index (κ2) is 7.34. The first-order valence-electron chi connectivity index (χ1n) is 9.27. The predicted octanol–water partition coefficient (Wildman–Crippen LogP) is 4.35. The van der Waals surface area contributed by atoms with Crippen LogP contribution in [0, 0.1) is 6.92 Å². The summed E-state index contributed by atoms with van der Waals surface area (Å²) in [6, 6.07) is 18.9. The molecule has 0 amide bonds. The van der Waals surface area contributed by atoms with Gasteiger partial charge in [-0.3, -0.25) is 9.58 Å². The van der Waals surface area contributed by atoms with Crippen LogP contribution in [0.15, 0.2) is 60.8 Å². The summed E-state index contributed by atoms with van der Waals surface area (Å²) in [5, 5.41) is 4.60. The molecule has 26 heavy (non-hydrogen) atoms. The highest BCUT2D eigenvalue weighted by molar-refractivity contribution is 5.35. The Balaban J connectivity index is 1.64.